The molecular formula is C33H33N3O3. The Morgan fingerprint density at radius 3 is 2.54 bits per heavy atom. The number of fused-ring (bicyclic) bond motifs is 1. The number of carbonyl (C=O) groups excluding carboxylic acids is 1. The molecule has 6 heteroatoms. The van der Waals surface area contributed by atoms with Crippen molar-refractivity contribution in [3.63, 3.8) is 0 Å². The Morgan fingerprint density at radius 1 is 0.949 bits per heavy atom. The number of methoxy groups -OCH3 is 1. The zero-order chi connectivity index (χ0) is 27.0. The zero-order valence-electron chi connectivity index (χ0n) is 22.3. The van der Waals surface area contributed by atoms with Crippen LogP contribution in [0.25, 0.3) is 10.9 Å². The van der Waals surface area contributed by atoms with Crippen LogP contribution >= 0.6 is 0 Å². The highest BCUT2D eigenvalue weighted by molar-refractivity contribution is 5.86. The van der Waals surface area contributed by atoms with Crippen LogP contribution in [0.15, 0.2) is 103 Å². The summed E-state index contributed by atoms with van der Waals surface area (Å²) in [5.74, 6) is 1.14. The first-order valence-electron chi connectivity index (χ1n) is 13.2. The van der Waals surface area contributed by atoms with Gasteiger partial charge < -0.3 is 19.4 Å². The van der Waals surface area contributed by atoms with Gasteiger partial charge in [0.15, 0.2) is 11.5 Å². The van der Waals surface area contributed by atoms with Crippen LogP contribution < -0.4 is 14.8 Å². The van der Waals surface area contributed by atoms with Crippen molar-refractivity contribution in [1.29, 1.82) is 0 Å². The summed E-state index contributed by atoms with van der Waals surface area (Å²) < 4.78 is 13.9. The normalized spacial score (nSPS) is 11.7. The molecule has 198 valence electrons. The number of pyridine rings is 1. The predicted molar refractivity (Wildman–Crippen MR) is 154 cm³/mol. The van der Waals surface area contributed by atoms with Gasteiger partial charge in [-0.05, 0) is 47.0 Å². The summed E-state index contributed by atoms with van der Waals surface area (Å²) in [4.78, 5) is 17.6. The third kappa shape index (κ3) is 6.29. The fraction of sp³-hybridized carbons (Fsp3) is 0.212. The molecule has 1 unspecified atom stereocenters. The molecule has 0 saturated carbocycles. The average Bonchev–Trinajstić information content (AvgIpc) is 3.32. The topological polar surface area (TPSA) is 65.4 Å². The van der Waals surface area contributed by atoms with E-state index in [0.29, 0.717) is 37.5 Å². The maximum atomic E-state index is 13.2. The molecule has 5 aromatic rings. The van der Waals surface area contributed by atoms with Crippen molar-refractivity contribution in [2.75, 3.05) is 13.7 Å². The highest BCUT2D eigenvalue weighted by atomic mass is 16.5. The molecule has 0 aliphatic carbocycles. The molecule has 1 amide bonds. The van der Waals surface area contributed by atoms with E-state index in [1.807, 2.05) is 85.9 Å². The smallest absolute Gasteiger partial charge is 0.220 e. The highest BCUT2D eigenvalue weighted by Crippen LogP contribution is 2.38. The van der Waals surface area contributed by atoms with E-state index < -0.39 is 0 Å². The van der Waals surface area contributed by atoms with Crippen molar-refractivity contribution in [2.45, 2.75) is 25.4 Å². The number of para-hydroxylation sites is 1. The first-order chi connectivity index (χ1) is 19.1. The molecule has 0 radical (unpaired) electrons. The second-order valence-corrected chi connectivity index (χ2v) is 9.57. The standard InChI is InChI=1S/C33H33N3O3/c1-36-22-29(27-13-6-7-14-30(27)36)28(21-33(37)35-19-17-26-12-8-9-18-34-26)25-15-16-31(32(20-25)38-2)39-23-24-10-4-3-5-11-24/h3-16,18,20,22,28H,17,19,21,23H2,1-2H3,(H,35,37). The minimum Gasteiger partial charge on any atom is -0.493 e. The fourth-order valence-corrected chi connectivity index (χ4v) is 4.95. The molecular weight excluding hydrogens is 486 g/mol. The van der Waals surface area contributed by atoms with Crippen LogP contribution in [-0.4, -0.2) is 29.1 Å². The summed E-state index contributed by atoms with van der Waals surface area (Å²) in [6.45, 7) is 0.982. The minimum absolute atomic E-state index is 0.00719. The lowest BCUT2D eigenvalue weighted by atomic mass is 9.87. The van der Waals surface area contributed by atoms with Gasteiger partial charge in [0.05, 0.1) is 7.11 Å². The summed E-state index contributed by atoms with van der Waals surface area (Å²) in [5.41, 5.74) is 5.27. The summed E-state index contributed by atoms with van der Waals surface area (Å²) in [5, 5.41) is 4.23. The van der Waals surface area contributed by atoms with Crippen LogP contribution in [0, 0.1) is 0 Å². The van der Waals surface area contributed by atoms with Crippen LogP contribution in [0.2, 0.25) is 0 Å². The van der Waals surface area contributed by atoms with Crippen LogP contribution in [0.1, 0.15) is 34.7 Å². The average molecular weight is 520 g/mol. The van der Waals surface area contributed by atoms with Gasteiger partial charge in [0.1, 0.15) is 6.61 Å². The van der Waals surface area contributed by atoms with E-state index >= 15 is 0 Å². The maximum Gasteiger partial charge on any atom is 0.220 e. The van der Waals surface area contributed by atoms with Crippen molar-refractivity contribution in [1.82, 2.24) is 14.9 Å². The van der Waals surface area contributed by atoms with Crippen molar-refractivity contribution in [3.05, 3.63) is 126 Å². The van der Waals surface area contributed by atoms with Crippen LogP contribution in [-0.2, 0) is 24.9 Å². The molecule has 0 aliphatic heterocycles. The van der Waals surface area contributed by atoms with E-state index in [0.717, 1.165) is 33.3 Å². The van der Waals surface area contributed by atoms with E-state index in [1.165, 1.54) is 0 Å². The monoisotopic (exact) mass is 519 g/mol. The molecule has 2 aromatic heterocycles. The lowest BCUT2D eigenvalue weighted by molar-refractivity contribution is -0.121. The van der Waals surface area contributed by atoms with Crippen molar-refractivity contribution in [3.8, 4) is 11.5 Å². The molecule has 0 saturated heterocycles. The Kier molecular flexibility index (Phi) is 8.22. The first-order valence-corrected chi connectivity index (χ1v) is 13.2. The van der Waals surface area contributed by atoms with Gasteiger partial charge in [0.2, 0.25) is 5.91 Å². The minimum atomic E-state index is -0.164. The highest BCUT2D eigenvalue weighted by Gasteiger charge is 2.23. The lowest BCUT2D eigenvalue weighted by Crippen LogP contribution is -2.27. The first kappa shape index (κ1) is 26.0. The second-order valence-electron chi connectivity index (χ2n) is 9.57. The molecule has 5 rings (SSSR count). The number of rotatable bonds is 11. The Labute approximate surface area is 229 Å². The number of amides is 1. The molecule has 3 aromatic carbocycles. The van der Waals surface area contributed by atoms with Crippen molar-refractivity contribution in [2.24, 2.45) is 7.05 Å². The van der Waals surface area contributed by atoms with E-state index in [2.05, 4.69) is 33.2 Å². The number of benzene rings is 3. The van der Waals surface area contributed by atoms with Gasteiger partial charge in [-0.1, -0.05) is 60.7 Å². The van der Waals surface area contributed by atoms with Gasteiger partial charge >= 0.3 is 0 Å². The Morgan fingerprint density at radius 2 is 1.74 bits per heavy atom. The van der Waals surface area contributed by atoms with Crippen LogP contribution in [0.4, 0.5) is 0 Å². The number of hydrogen-bond acceptors (Lipinski definition) is 4. The molecule has 0 aliphatic rings. The quantitative estimate of drug-likeness (QED) is 0.231. The molecule has 2 heterocycles. The van der Waals surface area contributed by atoms with E-state index in [9.17, 15) is 4.79 Å². The van der Waals surface area contributed by atoms with Crippen molar-refractivity contribution >= 4 is 16.8 Å². The third-order valence-electron chi connectivity index (χ3n) is 6.95. The number of carbonyl (C=O) groups is 1. The predicted octanol–water partition coefficient (Wildman–Crippen LogP) is 6.04. The van der Waals surface area contributed by atoms with Gasteiger partial charge in [-0.25, -0.2) is 0 Å². The van der Waals surface area contributed by atoms with Gasteiger partial charge in [-0.3, -0.25) is 9.78 Å². The Hall–Kier alpha value is -4.58. The third-order valence-corrected chi connectivity index (χ3v) is 6.95. The summed E-state index contributed by atoms with van der Waals surface area (Å²) in [6, 6.07) is 30.1. The second kappa shape index (κ2) is 12.3. The summed E-state index contributed by atoms with van der Waals surface area (Å²) in [6.07, 6.45) is 4.90. The summed E-state index contributed by atoms with van der Waals surface area (Å²) >= 11 is 0. The zero-order valence-corrected chi connectivity index (χ0v) is 22.3. The van der Waals surface area contributed by atoms with Gasteiger partial charge in [-0.2, -0.15) is 0 Å². The number of aryl methyl sites for hydroxylation is 1. The largest absolute Gasteiger partial charge is 0.493 e. The molecule has 6 nitrogen and oxygen atoms in total. The number of ether oxygens (including phenoxy) is 2. The maximum absolute atomic E-state index is 13.2. The van der Waals surface area contributed by atoms with Crippen LogP contribution in [0.5, 0.6) is 11.5 Å². The molecule has 1 atom stereocenters. The van der Waals surface area contributed by atoms with E-state index in [4.69, 9.17) is 9.47 Å². The molecule has 0 fully saturated rings. The number of nitrogens with zero attached hydrogens (tertiary/aromatic N) is 2. The van der Waals surface area contributed by atoms with Crippen LogP contribution in [0.3, 0.4) is 0 Å². The number of nitrogens with one attached hydrogen (secondary N) is 1. The van der Waals surface area contributed by atoms with Gasteiger partial charge in [0, 0.05) is 61.3 Å². The Balaban J connectivity index is 1.40. The van der Waals surface area contributed by atoms with E-state index in [-0.39, 0.29) is 11.8 Å². The number of aromatic nitrogens is 2. The molecule has 39 heavy (non-hydrogen) atoms. The SMILES string of the molecule is COc1cc(C(CC(=O)NCCc2ccccn2)c2cn(C)c3ccccc23)ccc1OCc1ccccc1. The molecule has 0 spiro atoms. The molecule has 0 bridgehead atoms. The Bertz CT molecular complexity index is 1530. The fourth-order valence-electron chi connectivity index (χ4n) is 4.95. The molecule has 1 N–H and O–H groups in total. The van der Waals surface area contributed by atoms with E-state index in [1.54, 1.807) is 13.3 Å². The lowest BCUT2D eigenvalue weighted by Gasteiger charge is -2.19. The van der Waals surface area contributed by atoms with Crippen molar-refractivity contribution < 1.29 is 14.3 Å². The van der Waals surface area contributed by atoms with Gasteiger partial charge in [-0.15, -0.1) is 0 Å². The summed E-state index contributed by atoms with van der Waals surface area (Å²) in [7, 11) is 3.68. The van der Waals surface area contributed by atoms with Gasteiger partial charge in [0.25, 0.3) is 0 Å². The number of hydrogen-bond donors (Lipinski definition) is 1.